The van der Waals surface area contributed by atoms with Crippen LogP contribution in [0.3, 0.4) is 0 Å². The third-order valence-electron chi connectivity index (χ3n) is 1.85. The Morgan fingerprint density at radius 2 is 1.06 bits per heavy atom. The maximum Gasteiger partial charge on any atom is 0.805 e. The van der Waals surface area contributed by atoms with Crippen LogP contribution in [0.1, 0.15) is 0 Å². The molecule has 0 saturated carbocycles. The van der Waals surface area contributed by atoms with E-state index < -0.39 is 8.25 Å². The Labute approximate surface area is 100 Å². The topological polar surface area (TPSA) is 67.0 Å². The average Bonchev–Trinajstić information content (AvgIpc) is 2.31. The second-order valence-corrected chi connectivity index (χ2v) is 3.84. The molecule has 0 aliphatic heterocycles. The third kappa shape index (κ3) is 4.23. The highest BCUT2D eigenvalue weighted by molar-refractivity contribution is 7.34. The molecule has 5 heteroatoms. The number of para-hydroxylation sites is 2. The van der Waals surface area contributed by atoms with E-state index in [0.717, 1.165) is 0 Å². The van der Waals surface area contributed by atoms with Gasteiger partial charge in [-0.25, -0.2) is 9.05 Å². The molecule has 2 aromatic carbocycles. The van der Waals surface area contributed by atoms with Crippen molar-refractivity contribution >= 4 is 8.25 Å². The van der Waals surface area contributed by atoms with Gasteiger partial charge in [-0.2, -0.15) is 0 Å². The van der Waals surface area contributed by atoms with Crippen LogP contribution >= 0.6 is 8.25 Å². The second-order valence-electron chi connectivity index (χ2n) is 3.03. The third-order valence-corrected chi connectivity index (χ3v) is 2.57. The Bertz CT molecular complexity index is 415. The smallest absolute Gasteiger partial charge is 0.412 e. The van der Waals surface area contributed by atoms with Gasteiger partial charge >= 0.3 is 8.25 Å². The molecule has 0 bridgehead atoms. The summed E-state index contributed by atoms with van der Waals surface area (Å²) in [5.74, 6) is 1.05. The Balaban J connectivity index is 0.00000144. The summed E-state index contributed by atoms with van der Waals surface area (Å²) in [6.07, 6.45) is 0. The van der Waals surface area contributed by atoms with Gasteiger partial charge in [0.05, 0.1) is 0 Å². The van der Waals surface area contributed by atoms with Crippen LogP contribution < -0.4 is 9.05 Å². The summed E-state index contributed by atoms with van der Waals surface area (Å²) in [6.45, 7) is 0. The first-order valence-corrected chi connectivity index (χ1v) is 5.87. The van der Waals surface area contributed by atoms with E-state index in [0.29, 0.717) is 11.5 Å². The summed E-state index contributed by atoms with van der Waals surface area (Å²) in [5, 5.41) is 0. The standard InChI is InChI=1S/C12H10O3P.H2O/c13-16(14-11-7-3-1-4-8-11)15-12-9-5-2-6-10-12;/h1-10H;1H2/q+1;. The van der Waals surface area contributed by atoms with E-state index >= 15 is 0 Å². The van der Waals surface area contributed by atoms with E-state index in [2.05, 4.69) is 0 Å². The quantitative estimate of drug-likeness (QED) is 0.784. The second kappa shape index (κ2) is 6.63. The van der Waals surface area contributed by atoms with Crippen molar-refractivity contribution < 1.29 is 19.1 Å². The minimum atomic E-state index is -2.18. The molecule has 0 atom stereocenters. The molecule has 0 radical (unpaired) electrons. The van der Waals surface area contributed by atoms with E-state index in [1.54, 1.807) is 48.5 Å². The zero-order chi connectivity index (χ0) is 11.2. The van der Waals surface area contributed by atoms with Crippen molar-refractivity contribution in [3.05, 3.63) is 60.7 Å². The van der Waals surface area contributed by atoms with Crippen LogP contribution in [-0.2, 0) is 4.57 Å². The van der Waals surface area contributed by atoms with Crippen molar-refractivity contribution in [1.29, 1.82) is 0 Å². The molecule has 0 spiro atoms. The van der Waals surface area contributed by atoms with Gasteiger partial charge in [0.1, 0.15) is 0 Å². The number of hydrogen-bond donors (Lipinski definition) is 0. The largest absolute Gasteiger partial charge is 0.805 e. The number of benzene rings is 2. The fourth-order valence-electron chi connectivity index (χ4n) is 1.15. The van der Waals surface area contributed by atoms with Gasteiger partial charge in [0.15, 0.2) is 11.5 Å². The van der Waals surface area contributed by atoms with Crippen molar-refractivity contribution in [1.82, 2.24) is 0 Å². The maximum absolute atomic E-state index is 11.5. The van der Waals surface area contributed by atoms with Crippen molar-refractivity contribution in [2.24, 2.45) is 0 Å². The fraction of sp³-hybridized carbons (Fsp3) is 0. The van der Waals surface area contributed by atoms with Crippen LogP contribution in [-0.4, -0.2) is 5.48 Å². The zero-order valence-corrected chi connectivity index (χ0v) is 9.84. The van der Waals surface area contributed by atoms with Gasteiger partial charge in [0.2, 0.25) is 0 Å². The molecular weight excluding hydrogens is 239 g/mol. The molecule has 0 aliphatic carbocycles. The summed E-state index contributed by atoms with van der Waals surface area (Å²) < 4.78 is 21.7. The lowest BCUT2D eigenvalue weighted by molar-refractivity contribution is 0.415. The van der Waals surface area contributed by atoms with Gasteiger partial charge < -0.3 is 5.48 Å². The molecular formula is C12H12O4P+. The van der Waals surface area contributed by atoms with E-state index in [9.17, 15) is 4.57 Å². The van der Waals surface area contributed by atoms with Gasteiger partial charge in [-0.1, -0.05) is 36.4 Å². The SMILES string of the molecule is O.O=[P+](Oc1ccccc1)Oc1ccccc1. The molecule has 4 nitrogen and oxygen atoms in total. The molecule has 88 valence electrons. The van der Waals surface area contributed by atoms with Crippen molar-refractivity contribution in [2.45, 2.75) is 0 Å². The molecule has 2 rings (SSSR count). The van der Waals surface area contributed by atoms with Crippen LogP contribution in [0.2, 0.25) is 0 Å². The Kier molecular flexibility index (Phi) is 5.14. The van der Waals surface area contributed by atoms with E-state index in [-0.39, 0.29) is 5.48 Å². The zero-order valence-electron chi connectivity index (χ0n) is 8.95. The summed E-state index contributed by atoms with van der Waals surface area (Å²) in [4.78, 5) is 0. The van der Waals surface area contributed by atoms with Crippen LogP contribution in [0.25, 0.3) is 0 Å². The molecule has 0 saturated heterocycles. The van der Waals surface area contributed by atoms with Gasteiger partial charge in [0.25, 0.3) is 0 Å². The molecule has 0 aromatic heterocycles. The van der Waals surface area contributed by atoms with Crippen LogP contribution in [0.5, 0.6) is 11.5 Å². The predicted molar refractivity (Wildman–Crippen MR) is 65.4 cm³/mol. The molecule has 17 heavy (non-hydrogen) atoms. The van der Waals surface area contributed by atoms with Crippen LogP contribution in [0.4, 0.5) is 0 Å². The summed E-state index contributed by atoms with van der Waals surface area (Å²) in [7, 11) is -2.18. The lowest BCUT2D eigenvalue weighted by Gasteiger charge is -1.92. The van der Waals surface area contributed by atoms with Gasteiger partial charge in [-0.15, -0.1) is 0 Å². The summed E-state index contributed by atoms with van der Waals surface area (Å²) in [5.41, 5.74) is 0. The highest BCUT2D eigenvalue weighted by Crippen LogP contribution is 2.29. The lowest BCUT2D eigenvalue weighted by atomic mass is 10.3. The first-order chi connectivity index (χ1) is 7.84. The minimum Gasteiger partial charge on any atom is -0.412 e. The Hall–Kier alpha value is -1.90. The molecule has 2 aromatic rings. The van der Waals surface area contributed by atoms with E-state index in [4.69, 9.17) is 9.05 Å². The summed E-state index contributed by atoms with van der Waals surface area (Å²) in [6, 6.07) is 17.8. The van der Waals surface area contributed by atoms with E-state index in [1.807, 2.05) is 12.1 Å². The fourth-order valence-corrected chi connectivity index (χ4v) is 1.78. The summed E-state index contributed by atoms with van der Waals surface area (Å²) >= 11 is 0. The van der Waals surface area contributed by atoms with Crippen molar-refractivity contribution in [3.8, 4) is 11.5 Å². The molecule has 0 amide bonds. The highest BCUT2D eigenvalue weighted by atomic mass is 31.1. The average molecular weight is 251 g/mol. The molecule has 2 N–H and O–H groups in total. The predicted octanol–water partition coefficient (Wildman–Crippen LogP) is 2.98. The minimum absolute atomic E-state index is 0. The Morgan fingerprint density at radius 3 is 1.41 bits per heavy atom. The molecule has 0 heterocycles. The monoisotopic (exact) mass is 251 g/mol. The van der Waals surface area contributed by atoms with Crippen LogP contribution in [0, 0.1) is 0 Å². The lowest BCUT2D eigenvalue weighted by Crippen LogP contribution is -1.87. The first kappa shape index (κ1) is 13.2. The normalized spacial score (nSPS) is 8.94. The number of rotatable bonds is 4. The first-order valence-electron chi connectivity index (χ1n) is 4.78. The Morgan fingerprint density at radius 1 is 0.706 bits per heavy atom. The molecule has 0 fully saturated rings. The molecule has 0 aliphatic rings. The number of hydrogen-bond acceptors (Lipinski definition) is 3. The van der Waals surface area contributed by atoms with Crippen molar-refractivity contribution in [3.63, 3.8) is 0 Å². The maximum atomic E-state index is 11.5. The van der Waals surface area contributed by atoms with Gasteiger partial charge in [-0.05, 0) is 24.3 Å². The molecule has 0 unspecified atom stereocenters. The van der Waals surface area contributed by atoms with Crippen molar-refractivity contribution in [2.75, 3.05) is 0 Å². The van der Waals surface area contributed by atoms with Gasteiger partial charge in [-0.3, -0.25) is 0 Å². The highest BCUT2D eigenvalue weighted by Gasteiger charge is 2.23. The van der Waals surface area contributed by atoms with E-state index in [1.165, 1.54) is 0 Å². The van der Waals surface area contributed by atoms with Crippen LogP contribution in [0.15, 0.2) is 60.7 Å². The van der Waals surface area contributed by atoms with Gasteiger partial charge in [0, 0.05) is 4.57 Å².